The van der Waals surface area contributed by atoms with Crippen LogP contribution in [0.5, 0.6) is 0 Å². The van der Waals surface area contributed by atoms with Crippen molar-refractivity contribution in [3.8, 4) is 5.69 Å². The van der Waals surface area contributed by atoms with Gasteiger partial charge in [0.25, 0.3) is 0 Å². The predicted molar refractivity (Wildman–Crippen MR) is 128 cm³/mol. The summed E-state index contributed by atoms with van der Waals surface area (Å²) in [5, 5.41) is 19.2. The molecule has 0 aliphatic carbocycles. The molecule has 0 amide bonds. The summed E-state index contributed by atoms with van der Waals surface area (Å²) in [6.07, 6.45) is -8.45. The first-order valence-electron chi connectivity index (χ1n) is 10.6. The predicted octanol–water partition coefficient (Wildman–Crippen LogP) is 4.00. The van der Waals surface area contributed by atoms with Crippen molar-refractivity contribution in [3.63, 3.8) is 0 Å². The van der Waals surface area contributed by atoms with Crippen molar-refractivity contribution < 1.29 is 29.1 Å². The molecule has 0 spiro atoms. The van der Waals surface area contributed by atoms with Gasteiger partial charge in [-0.05, 0) is 0 Å². The SMILES string of the molecule is Cc1nnc([C@@H]2OC3COI(c4ccccc4)O[C@@H]3C(N)C2O)n1-c1cc(Cl)ccc1C(F)(F)F. The Balaban J connectivity index is 1.48. The average Bonchev–Trinajstić information content (AvgIpc) is 3.21. The molecule has 1 aromatic heterocycles. The number of hydrogen-bond donors (Lipinski definition) is 2. The van der Waals surface area contributed by atoms with E-state index in [9.17, 15) is 18.3 Å². The summed E-state index contributed by atoms with van der Waals surface area (Å²) in [7, 11) is 0. The minimum absolute atomic E-state index is 0.0272. The van der Waals surface area contributed by atoms with Gasteiger partial charge in [-0.3, -0.25) is 0 Å². The van der Waals surface area contributed by atoms with Crippen LogP contribution in [-0.4, -0.2) is 50.8 Å². The number of aliphatic hydroxyl groups excluding tert-OH is 1. The van der Waals surface area contributed by atoms with Crippen molar-refractivity contribution >= 4 is 32.3 Å². The minimum atomic E-state index is -4.66. The molecule has 3 aromatic rings. The fourth-order valence-corrected chi connectivity index (χ4v) is 7.96. The molecule has 3 N–H and O–H groups in total. The van der Waals surface area contributed by atoms with Gasteiger partial charge in [0.1, 0.15) is 0 Å². The average molecular weight is 625 g/mol. The van der Waals surface area contributed by atoms with E-state index in [1.165, 1.54) is 17.6 Å². The number of nitrogens with two attached hydrogens (primary N) is 1. The Morgan fingerprint density at radius 2 is 1.91 bits per heavy atom. The third-order valence-electron chi connectivity index (χ3n) is 5.80. The van der Waals surface area contributed by atoms with Gasteiger partial charge in [-0.1, -0.05) is 0 Å². The van der Waals surface area contributed by atoms with Gasteiger partial charge < -0.3 is 0 Å². The molecule has 13 heteroatoms. The number of aromatic nitrogens is 3. The molecule has 188 valence electrons. The molecule has 8 nitrogen and oxygen atoms in total. The van der Waals surface area contributed by atoms with Crippen LogP contribution in [-0.2, 0) is 17.0 Å². The van der Waals surface area contributed by atoms with Gasteiger partial charge in [0.05, 0.1) is 0 Å². The number of aryl methyl sites for hydroxylation is 1. The first-order valence-corrected chi connectivity index (χ1v) is 13.8. The Morgan fingerprint density at radius 3 is 2.63 bits per heavy atom. The van der Waals surface area contributed by atoms with Gasteiger partial charge in [0.15, 0.2) is 0 Å². The van der Waals surface area contributed by atoms with Crippen molar-refractivity contribution in [2.75, 3.05) is 6.61 Å². The van der Waals surface area contributed by atoms with Crippen LogP contribution in [0.15, 0.2) is 48.5 Å². The number of benzene rings is 2. The first kappa shape index (κ1) is 24.9. The van der Waals surface area contributed by atoms with Gasteiger partial charge in [-0.2, -0.15) is 0 Å². The Kier molecular flexibility index (Phi) is 6.80. The van der Waals surface area contributed by atoms with Crippen LogP contribution < -0.4 is 5.73 Å². The van der Waals surface area contributed by atoms with E-state index in [2.05, 4.69) is 10.2 Å². The zero-order valence-corrected chi connectivity index (χ0v) is 21.1. The third-order valence-corrected chi connectivity index (χ3v) is 9.75. The maximum absolute atomic E-state index is 13.8. The molecule has 2 fully saturated rings. The second-order valence-electron chi connectivity index (χ2n) is 8.11. The first-order chi connectivity index (χ1) is 16.6. The summed E-state index contributed by atoms with van der Waals surface area (Å²) in [6, 6.07) is 11.8. The monoisotopic (exact) mass is 624 g/mol. The Hall–Kier alpha value is -1.81. The summed E-state index contributed by atoms with van der Waals surface area (Å²) >= 11 is 3.56. The van der Waals surface area contributed by atoms with Crippen LogP contribution in [0.25, 0.3) is 5.69 Å². The number of ether oxygens (including phenoxy) is 1. The van der Waals surface area contributed by atoms with E-state index >= 15 is 0 Å². The second-order valence-corrected chi connectivity index (χ2v) is 12.2. The van der Waals surface area contributed by atoms with Crippen LogP contribution in [0.4, 0.5) is 13.2 Å². The maximum atomic E-state index is 13.8. The van der Waals surface area contributed by atoms with E-state index in [0.29, 0.717) is 0 Å². The fraction of sp³-hybridized carbons (Fsp3) is 0.364. The fourth-order valence-electron chi connectivity index (χ4n) is 4.12. The molecule has 2 aromatic carbocycles. The number of aliphatic hydroxyl groups is 1. The number of alkyl halides is 3. The van der Waals surface area contributed by atoms with Crippen molar-refractivity contribution in [2.24, 2.45) is 5.73 Å². The summed E-state index contributed by atoms with van der Waals surface area (Å²) in [6.45, 7) is 1.67. The van der Waals surface area contributed by atoms with E-state index in [1.807, 2.05) is 30.3 Å². The van der Waals surface area contributed by atoms with Crippen LogP contribution in [0.1, 0.15) is 23.3 Å². The Bertz CT molecular complexity index is 1210. The van der Waals surface area contributed by atoms with E-state index < -0.39 is 62.8 Å². The second kappa shape index (κ2) is 9.57. The van der Waals surface area contributed by atoms with Gasteiger partial charge in [0, 0.05) is 0 Å². The Morgan fingerprint density at radius 1 is 1.17 bits per heavy atom. The summed E-state index contributed by atoms with van der Waals surface area (Å²) in [5.41, 5.74) is 5.17. The molecule has 3 heterocycles. The molecule has 0 radical (unpaired) electrons. The van der Waals surface area contributed by atoms with Crippen LogP contribution in [0.3, 0.4) is 0 Å². The molecule has 3 unspecified atom stereocenters. The molecule has 0 bridgehead atoms. The van der Waals surface area contributed by atoms with Gasteiger partial charge in [-0.15, -0.1) is 0 Å². The molecular formula is C22H21ClF3IN4O4. The zero-order valence-electron chi connectivity index (χ0n) is 18.2. The number of nitrogens with zero attached hydrogens (tertiary/aromatic N) is 3. The third kappa shape index (κ3) is 4.68. The number of halogens is 5. The molecule has 2 aliphatic heterocycles. The van der Waals surface area contributed by atoms with Crippen LogP contribution in [0.2, 0.25) is 5.02 Å². The Labute approximate surface area is 211 Å². The molecule has 2 saturated heterocycles. The normalized spacial score (nSPS) is 28.1. The zero-order chi connectivity index (χ0) is 24.9. The summed E-state index contributed by atoms with van der Waals surface area (Å²) in [4.78, 5) is 0. The number of hydrogen-bond acceptors (Lipinski definition) is 7. The van der Waals surface area contributed by atoms with Gasteiger partial charge >= 0.3 is 212 Å². The van der Waals surface area contributed by atoms with Gasteiger partial charge in [0.2, 0.25) is 0 Å². The van der Waals surface area contributed by atoms with E-state index in [4.69, 9.17) is 28.2 Å². The molecule has 5 rings (SSSR count). The van der Waals surface area contributed by atoms with Crippen molar-refractivity contribution in [1.29, 1.82) is 0 Å². The van der Waals surface area contributed by atoms with Crippen LogP contribution in [0, 0.1) is 10.5 Å². The number of rotatable bonds is 3. The molecule has 35 heavy (non-hydrogen) atoms. The van der Waals surface area contributed by atoms with Crippen molar-refractivity contribution in [2.45, 2.75) is 43.6 Å². The van der Waals surface area contributed by atoms with Crippen molar-refractivity contribution in [1.82, 2.24) is 14.8 Å². The molecule has 5 atom stereocenters. The van der Waals surface area contributed by atoms with Gasteiger partial charge in [-0.25, -0.2) is 0 Å². The topological polar surface area (TPSA) is 105 Å². The van der Waals surface area contributed by atoms with E-state index in [-0.39, 0.29) is 29.0 Å². The summed E-state index contributed by atoms with van der Waals surface area (Å²) < 4.78 is 61.7. The number of fused-ring (bicyclic) bond motifs is 1. The van der Waals surface area contributed by atoms with E-state index in [0.717, 1.165) is 15.7 Å². The van der Waals surface area contributed by atoms with Crippen molar-refractivity contribution in [3.05, 3.63) is 74.3 Å². The standard InChI is InChI=1S/C22H21ClF3IN4O4/c1-11-29-30-21(31(11)15-9-12(23)7-8-14(15)22(24,25)26)20-18(32)17(28)19-16(34-20)10-33-27(35-19)13-5-3-2-4-6-13/h2-9,16-20,32H,10,28H2,1H3/t16?,17?,18?,19-,20+/m0/s1. The quantitative estimate of drug-likeness (QED) is 0.425. The van der Waals surface area contributed by atoms with E-state index in [1.54, 1.807) is 0 Å². The summed E-state index contributed by atoms with van der Waals surface area (Å²) in [5.74, 6) is 0.133. The molecular weight excluding hydrogens is 604 g/mol. The van der Waals surface area contributed by atoms with Crippen LogP contribution >= 0.6 is 32.3 Å². The molecule has 0 saturated carbocycles. The molecule has 2 aliphatic rings.